The van der Waals surface area contributed by atoms with Crippen molar-refractivity contribution in [1.29, 1.82) is 0 Å². The van der Waals surface area contributed by atoms with Gasteiger partial charge in [-0.2, -0.15) is 10.2 Å². The molecular weight excluding hydrogens is 332 g/mol. The lowest BCUT2D eigenvalue weighted by Gasteiger charge is -2.32. The molecular formula is C14H21BrN6. The largest absolute Gasteiger partial charge is 0.382 e. The van der Waals surface area contributed by atoms with E-state index in [0.717, 1.165) is 42.6 Å². The quantitative estimate of drug-likeness (QED) is 0.918. The minimum Gasteiger partial charge on any atom is -0.382 e. The summed E-state index contributed by atoms with van der Waals surface area (Å²) in [6.07, 6.45) is 4.20. The van der Waals surface area contributed by atoms with Crippen LogP contribution in [0.4, 0.5) is 5.82 Å². The molecule has 7 heteroatoms. The van der Waals surface area contributed by atoms with Gasteiger partial charge in [-0.3, -0.25) is 14.3 Å². The van der Waals surface area contributed by atoms with Crippen molar-refractivity contribution in [3.05, 3.63) is 28.1 Å². The number of nitrogen functional groups attached to an aromatic ring is 1. The number of piperidine rings is 1. The molecule has 0 bridgehead atoms. The number of likely N-dealkylation sites (tertiary alicyclic amines) is 1. The highest BCUT2D eigenvalue weighted by atomic mass is 79.9. The van der Waals surface area contributed by atoms with Gasteiger partial charge in [0.05, 0.1) is 21.9 Å². The Hall–Kier alpha value is -1.34. The van der Waals surface area contributed by atoms with Gasteiger partial charge in [0.15, 0.2) is 0 Å². The van der Waals surface area contributed by atoms with E-state index in [1.165, 1.54) is 5.69 Å². The van der Waals surface area contributed by atoms with Crippen molar-refractivity contribution in [2.24, 2.45) is 7.05 Å². The number of anilines is 1. The second kappa shape index (κ2) is 5.81. The van der Waals surface area contributed by atoms with Crippen LogP contribution in [0.2, 0.25) is 0 Å². The van der Waals surface area contributed by atoms with Gasteiger partial charge >= 0.3 is 0 Å². The molecule has 2 aromatic rings. The van der Waals surface area contributed by atoms with Gasteiger partial charge in [-0.15, -0.1) is 0 Å². The van der Waals surface area contributed by atoms with Crippen molar-refractivity contribution in [3.8, 4) is 0 Å². The standard InChI is InChI=1S/C14H21BrN6/c1-10-14(15)12(19(2)17-10)9-20-6-3-11(4-7-20)21-8-5-13(16)18-21/h5,8,11H,3-4,6-7,9H2,1-2H3,(H2,16,18). The monoisotopic (exact) mass is 352 g/mol. The predicted molar refractivity (Wildman–Crippen MR) is 85.8 cm³/mol. The fraction of sp³-hybridized carbons (Fsp3) is 0.571. The normalized spacial score (nSPS) is 17.5. The average Bonchev–Trinajstić information content (AvgIpc) is 2.99. The van der Waals surface area contributed by atoms with Crippen LogP contribution in [0, 0.1) is 6.92 Å². The van der Waals surface area contributed by atoms with Crippen LogP contribution >= 0.6 is 15.9 Å². The molecule has 0 amide bonds. The fourth-order valence-corrected chi connectivity index (χ4v) is 3.42. The molecule has 0 aliphatic carbocycles. The van der Waals surface area contributed by atoms with Gasteiger partial charge in [0.2, 0.25) is 0 Å². The van der Waals surface area contributed by atoms with Gasteiger partial charge in [0.1, 0.15) is 5.82 Å². The molecule has 0 spiro atoms. The number of hydrogen-bond acceptors (Lipinski definition) is 4. The van der Waals surface area contributed by atoms with E-state index in [2.05, 4.69) is 31.0 Å². The highest BCUT2D eigenvalue weighted by molar-refractivity contribution is 9.10. The Kier molecular flexibility index (Phi) is 4.03. The van der Waals surface area contributed by atoms with E-state index in [0.29, 0.717) is 11.9 Å². The van der Waals surface area contributed by atoms with E-state index >= 15 is 0 Å². The zero-order valence-electron chi connectivity index (χ0n) is 12.5. The van der Waals surface area contributed by atoms with Crippen molar-refractivity contribution in [2.45, 2.75) is 32.4 Å². The Morgan fingerprint density at radius 1 is 1.33 bits per heavy atom. The topological polar surface area (TPSA) is 64.9 Å². The number of halogens is 1. The first-order valence-corrected chi connectivity index (χ1v) is 8.05. The van der Waals surface area contributed by atoms with Crippen molar-refractivity contribution in [3.63, 3.8) is 0 Å². The lowest BCUT2D eigenvalue weighted by Crippen LogP contribution is -2.35. The van der Waals surface area contributed by atoms with Gasteiger partial charge in [0, 0.05) is 32.9 Å². The van der Waals surface area contributed by atoms with Crippen LogP contribution in [0.15, 0.2) is 16.7 Å². The number of aromatic nitrogens is 4. The SMILES string of the molecule is Cc1nn(C)c(CN2CCC(n3ccc(N)n3)CC2)c1Br. The molecule has 2 N–H and O–H groups in total. The predicted octanol–water partition coefficient (Wildman–Crippen LogP) is 2.11. The number of nitrogens with zero attached hydrogens (tertiary/aromatic N) is 5. The zero-order valence-corrected chi connectivity index (χ0v) is 14.0. The summed E-state index contributed by atoms with van der Waals surface area (Å²) in [5, 5.41) is 8.79. The summed E-state index contributed by atoms with van der Waals surface area (Å²) in [7, 11) is 2.01. The zero-order chi connectivity index (χ0) is 15.0. The fourth-order valence-electron chi connectivity index (χ4n) is 2.96. The second-order valence-corrected chi connectivity index (χ2v) is 6.49. The highest BCUT2D eigenvalue weighted by Crippen LogP contribution is 2.26. The molecule has 0 saturated carbocycles. The van der Waals surface area contributed by atoms with Crippen LogP contribution in [-0.4, -0.2) is 37.6 Å². The summed E-state index contributed by atoms with van der Waals surface area (Å²) in [6.45, 7) is 5.11. The van der Waals surface area contributed by atoms with E-state index in [-0.39, 0.29) is 0 Å². The van der Waals surface area contributed by atoms with Crippen molar-refractivity contribution >= 4 is 21.7 Å². The van der Waals surface area contributed by atoms with Crippen LogP contribution < -0.4 is 5.73 Å². The molecule has 6 nitrogen and oxygen atoms in total. The summed E-state index contributed by atoms with van der Waals surface area (Å²) >= 11 is 3.64. The van der Waals surface area contributed by atoms with E-state index in [9.17, 15) is 0 Å². The van der Waals surface area contributed by atoms with Gasteiger partial charge < -0.3 is 5.73 Å². The van der Waals surface area contributed by atoms with Crippen molar-refractivity contribution in [2.75, 3.05) is 18.8 Å². The second-order valence-electron chi connectivity index (χ2n) is 5.70. The Morgan fingerprint density at radius 3 is 2.57 bits per heavy atom. The molecule has 1 saturated heterocycles. The molecule has 0 aromatic carbocycles. The Balaban J connectivity index is 1.61. The first-order valence-electron chi connectivity index (χ1n) is 7.25. The molecule has 0 atom stereocenters. The molecule has 1 fully saturated rings. The van der Waals surface area contributed by atoms with E-state index < -0.39 is 0 Å². The maximum absolute atomic E-state index is 5.69. The maximum Gasteiger partial charge on any atom is 0.145 e. The van der Waals surface area contributed by atoms with Gasteiger partial charge in [-0.1, -0.05) is 0 Å². The third kappa shape index (κ3) is 2.98. The molecule has 114 valence electrons. The van der Waals surface area contributed by atoms with Crippen LogP contribution in [0.1, 0.15) is 30.3 Å². The number of aryl methyl sites for hydroxylation is 2. The van der Waals surface area contributed by atoms with Gasteiger partial charge in [0.25, 0.3) is 0 Å². The van der Waals surface area contributed by atoms with Crippen LogP contribution in [0.25, 0.3) is 0 Å². The first kappa shape index (κ1) is 14.6. The molecule has 0 unspecified atom stereocenters. The third-order valence-corrected chi connectivity index (χ3v) is 5.23. The Labute approximate surface area is 133 Å². The molecule has 3 rings (SSSR count). The highest BCUT2D eigenvalue weighted by Gasteiger charge is 2.23. The van der Waals surface area contributed by atoms with E-state index in [4.69, 9.17) is 5.73 Å². The summed E-state index contributed by atoms with van der Waals surface area (Å²) in [6, 6.07) is 2.33. The minimum atomic E-state index is 0.468. The third-order valence-electron chi connectivity index (χ3n) is 4.20. The molecule has 3 heterocycles. The Morgan fingerprint density at radius 2 is 2.05 bits per heavy atom. The number of hydrogen-bond donors (Lipinski definition) is 1. The van der Waals surface area contributed by atoms with Gasteiger partial charge in [-0.25, -0.2) is 0 Å². The smallest absolute Gasteiger partial charge is 0.145 e. The molecule has 1 aliphatic rings. The van der Waals surface area contributed by atoms with Crippen LogP contribution in [-0.2, 0) is 13.6 Å². The average molecular weight is 353 g/mol. The first-order chi connectivity index (χ1) is 10.0. The van der Waals surface area contributed by atoms with Gasteiger partial charge in [-0.05, 0) is 41.8 Å². The summed E-state index contributed by atoms with van der Waals surface area (Å²) in [5.74, 6) is 0.603. The molecule has 1 aliphatic heterocycles. The maximum atomic E-state index is 5.69. The number of rotatable bonds is 3. The lowest BCUT2D eigenvalue weighted by molar-refractivity contribution is 0.170. The summed E-state index contributed by atoms with van der Waals surface area (Å²) in [5.41, 5.74) is 7.99. The molecule has 0 radical (unpaired) electrons. The lowest BCUT2D eigenvalue weighted by atomic mass is 10.1. The van der Waals surface area contributed by atoms with Crippen molar-refractivity contribution in [1.82, 2.24) is 24.5 Å². The van der Waals surface area contributed by atoms with E-state index in [1.807, 2.05) is 35.6 Å². The van der Waals surface area contributed by atoms with Crippen LogP contribution in [0.3, 0.4) is 0 Å². The van der Waals surface area contributed by atoms with Crippen LogP contribution in [0.5, 0.6) is 0 Å². The Bertz CT molecular complexity index is 623. The summed E-state index contributed by atoms with van der Waals surface area (Å²) < 4.78 is 5.11. The van der Waals surface area contributed by atoms with Crippen molar-refractivity contribution < 1.29 is 0 Å². The number of nitrogens with two attached hydrogens (primary N) is 1. The minimum absolute atomic E-state index is 0.468. The molecule has 21 heavy (non-hydrogen) atoms. The van der Waals surface area contributed by atoms with E-state index in [1.54, 1.807) is 0 Å². The molecule has 2 aromatic heterocycles. The summed E-state index contributed by atoms with van der Waals surface area (Å²) in [4.78, 5) is 2.48.